The second kappa shape index (κ2) is 13.6. The van der Waals surface area contributed by atoms with E-state index in [-0.39, 0.29) is 30.8 Å². The largest absolute Gasteiger partial charge is 0.481 e. The summed E-state index contributed by atoms with van der Waals surface area (Å²) >= 11 is 0. The molecule has 2 N–H and O–H groups in total. The average molecular weight is 542 g/mol. The zero-order valence-electron chi connectivity index (χ0n) is 23.9. The van der Waals surface area contributed by atoms with Crippen molar-refractivity contribution >= 4 is 23.8 Å². The number of nitrogens with zero attached hydrogens (tertiary/aromatic N) is 1. The first-order chi connectivity index (χ1) is 18.2. The highest BCUT2D eigenvalue weighted by Crippen LogP contribution is 2.38. The summed E-state index contributed by atoms with van der Waals surface area (Å²) in [6.45, 7) is 13.5. The third kappa shape index (κ3) is 8.55. The lowest BCUT2D eigenvalue weighted by molar-refractivity contribution is -0.155. The fourth-order valence-corrected chi connectivity index (χ4v) is 4.08. The van der Waals surface area contributed by atoms with Gasteiger partial charge in [0.25, 0.3) is 0 Å². The highest BCUT2D eigenvalue weighted by atomic mass is 19.1. The normalized spacial score (nSPS) is 12.8. The number of carboxylic acid groups (broad SMARTS) is 1. The lowest BCUT2D eigenvalue weighted by Gasteiger charge is -2.25. The number of aliphatic hydroxyl groups excluding tert-OH is 1. The fraction of sp³-hybridized carbons (Fsp3) is 0.484. The van der Waals surface area contributed by atoms with E-state index >= 15 is 0 Å². The summed E-state index contributed by atoms with van der Waals surface area (Å²) in [5, 5.41) is 19.3. The Balaban J connectivity index is 2.76. The molecule has 0 saturated heterocycles. The number of halogens is 1. The second-order valence-corrected chi connectivity index (χ2v) is 11.0. The number of hydrogen-bond donors (Lipinski definition) is 2. The number of carbonyl (C=O) groups is 3. The molecule has 0 spiro atoms. The number of benzene rings is 1. The van der Waals surface area contributed by atoms with Crippen molar-refractivity contribution in [2.45, 2.75) is 92.3 Å². The lowest BCUT2D eigenvalue weighted by atomic mass is 9.86. The number of aliphatic carboxylic acids is 1. The molecule has 0 aliphatic carbocycles. The average Bonchev–Trinajstić information content (AvgIpc) is 2.85. The van der Waals surface area contributed by atoms with Crippen LogP contribution in [0.2, 0.25) is 0 Å². The first-order valence-electron chi connectivity index (χ1n) is 13.3. The van der Waals surface area contributed by atoms with Crippen LogP contribution in [0.4, 0.5) is 4.39 Å². The van der Waals surface area contributed by atoms with Gasteiger partial charge >= 0.3 is 11.9 Å². The number of aliphatic hydroxyl groups is 1. The minimum Gasteiger partial charge on any atom is -0.481 e. The minimum absolute atomic E-state index is 0.0214. The first-order valence-corrected chi connectivity index (χ1v) is 13.3. The van der Waals surface area contributed by atoms with Crippen LogP contribution in [0.5, 0.6) is 0 Å². The van der Waals surface area contributed by atoms with E-state index in [2.05, 4.69) is 0 Å². The fourth-order valence-electron chi connectivity index (χ4n) is 4.08. The molecule has 0 fully saturated rings. The van der Waals surface area contributed by atoms with E-state index in [0.717, 1.165) is 11.4 Å². The molecule has 2 aromatic rings. The summed E-state index contributed by atoms with van der Waals surface area (Å²) in [6, 6.07) is 5.99. The smallest absolute Gasteiger partial charge is 0.311 e. The molecular weight excluding hydrogens is 501 g/mol. The van der Waals surface area contributed by atoms with Gasteiger partial charge in [-0.1, -0.05) is 58.9 Å². The lowest BCUT2D eigenvalue weighted by Crippen LogP contribution is -2.26. The van der Waals surface area contributed by atoms with Crippen LogP contribution in [0.1, 0.15) is 102 Å². The van der Waals surface area contributed by atoms with Crippen molar-refractivity contribution < 1.29 is 33.7 Å². The van der Waals surface area contributed by atoms with Crippen molar-refractivity contribution in [3.8, 4) is 11.1 Å². The SMILES string of the molecule is CCC(C)(C)C(=O)OCc1c(C(C)C)nc(C(C)C)c(C=CC(O)CC(=O)CC(=O)O)c1-c1ccc(F)cc1. The molecule has 1 aromatic carbocycles. The van der Waals surface area contributed by atoms with Crippen LogP contribution < -0.4 is 0 Å². The van der Waals surface area contributed by atoms with E-state index in [1.807, 2.05) is 48.5 Å². The number of pyridine rings is 1. The van der Waals surface area contributed by atoms with Gasteiger partial charge in [-0.3, -0.25) is 19.4 Å². The van der Waals surface area contributed by atoms with Crippen LogP contribution in [-0.2, 0) is 25.7 Å². The van der Waals surface area contributed by atoms with Crippen LogP contribution >= 0.6 is 0 Å². The van der Waals surface area contributed by atoms with E-state index in [9.17, 15) is 23.9 Å². The Bertz CT molecular complexity index is 1210. The van der Waals surface area contributed by atoms with Gasteiger partial charge in [0.15, 0.2) is 0 Å². The van der Waals surface area contributed by atoms with Crippen molar-refractivity contribution in [2.75, 3.05) is 0 Å². The molecule has 7 nitrogen and oxygen atoms in total. The quantitative estimate of drug-likeness (QED) is 0.222. The Labute approximate surface area is 230 Å². The third-order valence-electron chi connectivity index (χ3n) is 6.68. The maximum atomic E-state index is 13.9. The molecule has 0 bridgehead atoms. The van der Waals surface area contributed by atoms with E-state index < -0.39 is 35.5 Å². The minimum atomic E-state index is -1.25. The molecule has 2 rings (SSSR count). The number of carboxylic acids is 1. The van der Waals surface area contributed by atoms with E-state index in [0.29, 0.717) is 28.7 Å². The number of ether oxygens (including phenoxy) is 1. The summed E-state index contributed by atoms with van der Waals surface area (Å²) in [6.07, 6.45) is 1.46. The Morgan fingerprint density at radius 1 is 1.05 bits per heavy atom. The van der Waals surface area contributed by atoms with Gasteiger partial charge in [0, 0.05) is 17.5 Å². The van der Waals surface area contributed by atoms with E-state index in [1.165, 1.54) is 18.2 Å². The zero-order chi connectivity index (χ0) is 29.5. The summed E-state index contributed by atoms with van der Waals surface area (Å²) in [4.78, 5) is 40.6. The predicted octanol–water partition coefficient (Wildman–Crippen LogP) is 6.42. The molecule has 0 aliphatic rings. The van der Waals surface area contributed by atoms with Gasteiger partial charge < -0.3 is 14.9 Å². The summed E-state index contributed by atoms with van der Waals surface area (Å²) in [7, 11) is 0. The molecule has 0 saturated carbocycles. The summed E-state index contributed by atoms with van der Waals surface area (Å²) in [5.41, 5.74) is 3.49. The highest BCUT2D eigenvalue weighted by molar-refractivity contribution is 5.95. The standard InChI is InChI=1S/C31H40FNO6/c1-8-31(6,7)30(38)39-17-25-27(20-9-11-21(32)12-10-20)24(28(18(2)3)33-29(25)19(4)5)14-13-22(34)15-23(35)16-26(36)37/h9-14,18-19,22,34H,8,15-17H2,1-7H3,(H,36,37). The van der Waals surface area contributed by atoms with Crippen LogP contribution in [0.15, 0.2) is 30.3 Å². The van der Waals surface area contributed by atoms with Gasteiger partial charge in [0.05, 0.1) is 22.9 Å². The monoisotopic (exact) mass is 541 g/mol. The van der Waals surface area contributed by atoms with Crippen molar-refractivity contribution in [1.29, 1.82) is 0 Å². The Kier molecular flexibility index (Phi) is 11.1. The van der Waals surface area contributed by atoms with E-state index in [4.69, 9.17) is 14.8 Å². The van der Waals surface area contributed by atoms with Crippen molar-refractivity contribution in [1.82, 2.24) is 4.98 Å². The van der Waals surface area contributed by atoms with Gasteiger partial charge in [-0.15, -0.1) is 0 Å². The molecule has 212 valence electrons. The first kappa shape index (κ1) is 31.8. The number of Topliss-reactive ketones (excluding diaryl/α,β-unsaturated/α-hetero) is 1. The number of rotatable bonds is 13. The second-order valence-electron chi connectivity index (χ2n) is 11.0. The number of ketones is 1. The number of esters is 1. The summed E-state index contributed by atoms with van der Waals surface area (Å²) < 4.78 is 19.7. The van der Waals surface area contributed by atoms with Gasteiger partial charge in [0.1, 0.15) is 24.6 Å². The molecule has 39 heavy (non-hydrogen) atoms. The molecule has 8 heteroatoms. The van der Waals surface area contributed by atoms with Crippen molar-refractivity contribution in [3.05, 3.63) is 58.7 Å². The van der Waals surface area contributed by atoms with Gasteiger partial charge in [-0.25, -0.2) is 4.39 Å². The Morgan fingerprint density at radius 3 is 2.15 bits per heavy atom. The molecule has 0 amide bonds. The number of aromatic nitrogens is 1. The molecule has 1 atom stereocenters. The van der Waals surface area contributed by atoms with Crippen molar-refractivity contribution in [2.24, 2.45) is 5.41 Å². The molecule has 0 radical (unpaired) electrons. The van der Waals surface area contributed by atoms with Gasteiger partial charge in [0.2, 0.25) is 0 Å². The van der Waals surface area contributed by atoms with Crippen molar-refractivity contribution in [3.63, 3.8) is 0 Å². The maximum absolute atomic E-state index is 13.9. The maximum Gasteiger partial charge on any atom is 0.311 e. The Morgan fingerprint density at radius 2 is 1.64 bits per heavy atom. The van der Waals surface area contributed by atoms with Gasteiger partial charge in [-0.05, 0) is 55.4 Å². The zero-order valence-corrected chi connectivity index (χ0v) is 23.9. The van der Waals surface area contributed by atoms with Crippen LogP contribution in [-0.4, -0.2) is 39.0 Å². The molecular formula is C31H40FNO6. The molecule has 1 aromatic heterocycles. The van der Waals surface area contributed by atoms with E-state index in [1.54, 1.807) is 18.2 Å². The third-order valence-corrected chi connectivity index (χ3v) is 6.68. The number of carbonyl (C=O) groups excluding carboxylic acids is 2. The van der Waals surface area contributed by atoms with Crippen LogP contribution in [0, 0.1) is 11.2 Å². The van der Waals surface area contributed by atoms with Gasteiger partial charge in [-0.2, -0.15) is 0 Å². The summed E-state index contributed by atoms with van der Waals surface area (Å²) in [5.74, 6) is -2.66. The molecule has 0 aliphatic heterocycles. The molecule has 1 heterocycles. The Hall–Kier alpha value is -3.39. The van der Waals surface area contributed by atoms with Crippen LogP contribution in [0.25, 0.3) is 17.2 Å². The topological polar surface area (TPSA) is 114 Å². The predicted molar refractivity (Wildman–Crippen MR) is 149 cm³/mol. The number of hydrogen-bond acceptors (Lipinski definition) is 6. The molecule has 1 unspecified atom stereocenters. The highest BCUT2D eigenvalue weighted by Gasteiger charge is 2.29. The van der Waals surface area contributed by atoms with Crippen LogP contribution in [0.3, 0.4) is 0 Å².